The predicted molar refractivity (Wildman–Crippen MR) is 158 cm³/mol. The number of anilines is 1. The molecular weight excluding hydrogens is 587 g/mol. The van der Waals surface area contributed by atoms with Gasteiger partial charge in [0.25, 0.3) is 0 Å². The van der Waals surface area contributed by atoms with Crippen LogP contribution in [0.2, 0.25) is 10.0 Å². The van der Waals surface area contributed by atoms with Crippen molar-refractivity contribution in [3.05, 3.63) is 63.1 Å². The molecule has 2 heterocycles. The van der Waals surface area contributed by atoms with Crippen molar-refractivity contribution in [3.8, 4) is 0 Å². The molecular formula is C31H37Cl2F2N3O4. The number of hydrogen-bond acceptors (Lipinski definition) is 5. The number of aliphatic hydroxyl groups is 2. The Morgan fingerprint density at radius 2 is 1.81 bits per heavy atom. The van der Waals surface area contributed by atoms with Crippen LogP contribution in [0.3, 0.4) is 0 Å². The lowest BCUT2D eigenvalue weighted by Gasteiger charge is -2.37. The zero-order valence-corrected chi connectivity index (χ0v) is 25.3. The molecule has 2 fully saturated rings. The number of carbonyl (C=O) groups excluding carboxylic acids is 2. The first-order valence-corrected chi connectivity index (χ1v) is 15.1. The predicted octanol–water partition coefficient (Wildman–Crippen LogP) is 5.05. The van der Waals surface area contributed by atoms with Crippen LogP contribution in [-0.2, 0) is 15.0 Å². The fourth-order valence-corrected chi connectivity index (χ4v) is 7.55. The van der Waals surface area contributed by atoms with Crippen molar-refractivity contribution in [1.29, 1.82) is 0 Å². The van der Waals surface area contributed by atoms with Crippen molar-refractivity contribution >= 4 is 40.7 Å². The molecule has 1 spiro atoms. The smallest absolute Gasteiger partial charge is 0.237 e. The fraction of sp³-hybridized carbons (Fsp3) is 0.548. The first kappa shape index (κ1) is 31.1. The van der Waals surface area contributed by atoms with Crippen LogP contribution in [0, 0.1) is 23.0 Å². The lowest BCUT2D eigenvalue weighted by molar-refractivity contribution is -0.123. The number of fused-ring (bicyclic) bond motifs is 2. The van der Waals surface area contributed by atoms with E-state index >= 15 is 8.78 Å². The van der Waals surface area contributed by atoms with Crippen LogP contribution in [0.5, 0.6) is 0 Å². The molecule has 0 aromatic heterocycles. The maximum atomic E-state index is 15.8. The number of halogens is 4. The number of nitrogens with one attached hydrogen (secondary N) is 3. The van der Waals surface area contributed by atoms with E-state index < -0.39 is 59.1 Å². The van der Waals surface area contributed by atoms with Crippen molar-refractivity contribution < 1.29 is 28.6 Å². The monoisotopic (exact) mass is 623 g/mol. The van der Waals surface area contributed by atoms with Gasteiger partial charge in [-0.25, -0.2) is 8.78 Å². The van der Waals surface area contributed by atoms with E-state index in [1.807, 2.05) is 20.8 Å². The first-order chi connectivity index (χ1) is 19.7. The molecule has 5 rings (SSSR count). The molecule has 2 aromatic carbocycles. The van der Waals surface area contributed by atoms with Gasteiger partial charge in [-0.3, -0.25) is 9.59 Å². The molecule has 2 amide bonds. The largest absolute Gasteiger partial charge is 0.390 e. The van der Waals surface area contributed by atoms with E-state index in [-0.39, 0.29) is 26.9 Å². The molecule has 7 nitrogen and oxygen atoms in total. The molecule has 1 saturated carbocycles. The minimum atomic E-state index is -1.54. The van der Waals surface area contributed by atoms with Gasteiger partial charge in [0, 0.05) is 24.2 Å². The van der Waals surface area contributed by atoms with E-state index in [1.165, 1.54) is 24.3 Å². The van der Waals surface area contributed by atoms with Gasteiger partial charge in [-0.1, -0.05) is 56.1 Å². The lowest BCUT2D eigenvalue weighted by Crippen LogP contribution is -2.49. The van der Waals surface area contributed by atoms with E-state index in [9.17, 15) is 19.8 Å². The summed E-state index contributed by atoms with van der Waals surface area (Å²) in [6, 6.07) is 5.34. The third-order valence-corrected chi connectivity index (χ3v) is 9.56. The van der Waals surface area contributed by atoms with E-state index in [2.05, 4.69) is 16.0 Å². The number of aliphatic hydroxyl groups excluding tert-OH is 2. The second kappa shape index (κ2) is 11.7. The summed E-state index contributed by atoms with van der Waals surface area (Å²) in [6.07, 6.45) is 1.32. The normalized spacial score (nSPS) is 30.5. The maximum Gasteiger partial charge on any atom is 0.237 e. The highest BCUT2D eigenvalue weighted by Crippen LogP contribution is 2.57. The number of benzene rings is 2. The van der Waals surface area contributed by atoms with Crippen molar-refractivity contribution in [2.45, 2.75) is 88.5 Å². The molecule has 5 N–H and O–H groups in total. The van der Waals surface area contributed by atoms with Crippen LogP contribution in [0.1, 0.15) is 69.9 Å². The van der Waals surface area contributed by atoms with Gasteiger partial charge in [0.1, 0.15) is 17.0 Å². The summed E-state index contributed by atoms with van der Waals surface area (Å²) in [7, 11) is 0. The van der Waals surface area contributed by atoms with Crippen LogP contribution in [0.25, 0.3) is 0 Å². The van der Waals surface area contributed by atoms with Crippen molar-refractivity contribution in [2.75, 3.05) is 11.9 Å². The van der Waals surface area contributed by atoms with Crippen molar-refractivity contribution in [3.63, 3.8) is 0 Å². The SMILES string of the molecule is CC(C)(C)C[C@H]1N[C@@H](C(=O)NCCCC2C[C@@H](O)[C@@H](O)C2)[C@H](c2cccc(Cl)c2F)[C@@]12C(=O)Nc1cc(Cl)c(F)cc12. The summed E-state index contributed by atoms with van der Waals surface area (Å²) < 4.78 is 30.8. The zero-order chi connectivity index (χ0) is 30.6. The summed E-state index contributed by atoms with van der Waals surface area (Å²) in [5.74, 6) is -3.26. The van der Waals surface area contributed by atoms with Crippen LogP contribution < -0.4 is 16.0 Å². The summed E-state index contributed by atoms with van der Waals surface area (Å²) in [5.41, 5.74) is -1.15. The van der Waals surface area contributed by atoms with E-state index in [0.29, 0.717) is 49.9 Å². The quantitative estimate of drug-likeness (QED) is 0.277. The van der Waals surface area contributed by atoms with Crippen LogP contribution >= 0.6 is 23.2 Å². The minimum Gasteiger partial charge on any atom is -0.390 e. The molecule has 1 aliphatic carbocycles. The van der Waals surface area contributed by atoms with Gasteiger partial charge in [0.15, 0.2) is 0 Å². The van der Waals surface area contributed by atoms with Crippen molar-refractivity contribution in [2.24, 2.45) is 11.3 Å². The Labute approximate surface area is 254 Å². The number of amides is 2. The zero-order valence-electron chi connectivity index (χ0n) is 23.8. The lowest BCUT2D eigenvalue weighted by atomic mass is 9.62. The molecule has 228 valence electrons. The summed E-state index contributed by atoms with van der Waals surface area (Å²) >= 11 is 12.3. The highest BCUT2D eigenvalue weighted by Gasteiger charge is 2.66. The Bertz CT molecular complexity index is 1380. The Morgan fingerprint density at radius 1 is 1.12 bits per heavy atom. The third-order valence-electron chi connectivity index (χ3n) is 8.98. The Kier molecular flexibility index (Phi) is 8.64. The van der Waals surface area contributed by atoms with Gasteiger partial charge in [0.05, 0.1) is 28.3 Å². The van der Waals surface area contributed by atoms with E-state index in [0.717, 1.165) is 0 Å². The summed E-state index contributed by atoms with van der Waals surface area (Å²) in [4.78, 5) is 28.0. The Morgan fingerprint density at radius 3 is 2.48 bits per heavy atom. The molecule has 2 aromatic rings. The maximum absolute atomic E-state index is 15.8. The molecule has 1 saturated heterocycles. The van der Waals surface area contributed by atoms with Crippen LogP contribution in [0.4, 0.5) is 14.5 Å². The third kappa shape index (κ3) is 5.54. The fourth-order valence-electron chi connectivity index (χ4n) is 7.21. The molecule has 7 atom stereocenters. The minimum absolute atomic E-state index is 0.0823. The Balaban J connectivity index is 1.54. The average Bonchev–Trinajstić information content (AvgIpc) is 3.50. The second-order valence-corrected chi connectivity index (χ2v) is 13.9. The van der Waals surface area contributed by atoms with Gasteiger partial charge < -0.3 is 26.2 Å². The van der Waals surface area contributed by atoms with E-state index in [1.54, 1.807) is 6.07 Å². The van der Waals surface area contributed by atoms with Gasteiger partial charge in [-0.2, -0.15) is 0 Å². The number of carbonyl (C=O) groups is 2. The molecule has 42 heavy (non-hydrogen) atoms. The van der Waals surface area contributed by atoms with Crippen LogP contribution in [0.15, 0.2) is 30.3 Å². The highest BCUT2D eigenvalue weighted by molar-refractivity contribution is 6.31. The molecule has 3 aliphatic rings. The molecule has 11 heteroatoms. The average molecular weight is 625 g/mol. The van der Waals surface area contributed by atoms with Gasteiger partial charge in [0.2, 0.25) is 11.8 Å². The van der Waals surface area contributed by atoms with Gasteiger partial charge in [-0.05, 0) is 72.8 Å². The molecule has 0 bridgehead atoms. The second-order valence-electron chi connectivity index (χ2n) is 13.1. The van der Waals surface area contributed by atoms with E-state index in [4.69, 9.17) is 23.2 Å². The summed E-state index contributed by atoms with van der Waals surface area (Å²) in [5, 5.41) is 28.5. The number of hydrogen-bond donors (Lipinski definition) is 5. The van der Waals surface area contributed by atoms with Gasteiger partial charge >= 0.3 is 0 Å². The van der Waals surface area contributed by atoms with Gasteiger partial charge in [-0.15, -0.1) is 0 Å². The molecule has 2 aliphatic heterocycles. The molecule has 1 unspecified atom stereocenters. The van der Waals surface area contributed by atoms with Crippen molar-refractivity contribution in [1.82, 2.24) is 10.6 Å². The Hall–Kier alpha value is -2.30. The summed E-state index contributed by atoms with van der Waals surface area (Å²) in [6.45, 7) is 6.31. The standard InChI is InChI=1S/C31H37Cl2F2N3O4/c1-30(2,3)14-24-31(17-12-20(34)19(33)13-21(17)37-29(31)42)25(16-7-4-8-18(32)26(16)35)27(38-24)28(41)36-9-5-6-15-10-22(39)23(40)11-15/h4,7-8,12-13,15,22-25,27,38-40H,5-6,9-11,14H2,1-3H3,(H,36,41)(H,37,42)/t15?,22-,23+,24-,25+,27-,31+/m1/s1. The highest BCUT2D eigenvalue weighted by atomic mass is 35.5. The number of rotatable bonds is 7. The molecule has 0 radical (unpaired) electrons. The topological polar surface area (TPSA) is 111 Å². The first-order valence-electron chi connectivity index (χ1n) is 14.4. The van der Waals surface area contributed by atoms with Crippen LogP contribution in [-0.4, -0.2) is 52.9 Å².